The number of aromatic carboxylic acids is 1. The first-order valence-corrected chi connectivity index (χ1v) is 7.86. The normalized spacial score (nSPS) is 10.3. The van der Waals surface area contributed by atoms with Crippen molar-refractivity contribution in [3.63, 3.8) is 0 Å². The fourth-order valence-corrected chi connectivity index (χ4v) is 2.26. The van der Waals surface area contributed by atoms with E-state index in [0.717, 1.165) is 12.0 Å². The van der Waals surface area contributed by atoms with Crippen LogP contribution in [-0.2, 0) is 22.4 Å². The van der Waals surface area contributed by atoms with Crippen LogP contribution in [0.3, 0.4) is 0 Å². The quantitative estimate of drug-likeness (QED) is 0.693. The maximum atomic E-state index is 11.7. The van der Waals surface area contributed by atoms with Crippen LogP contribution in [0.15, 0.2) is 54.6 Å². The van der Waals surface area contributed by atoms with Crippen molar-refractivity contribution in [3.8, 4) is 0 Å². The number of ether oxygens (including phenoxy) is 1. The Hall–Kier alpha value is -2.66. The van der Waals surface area contributed by atoms with Crippen LogP contribution in [0.4, 0.5) is 0 Å². The summed E-state index contributed by atoms with van der Waals surface area (Å²) in [5.41, 5.74) is 2.31. The molecule has 126 valence electrons. The summed E-state index contributed by atoms with van der Waals surface area (Å²) in [6.07, 6.45) is 1.35. The van der Waals surface area contributed by atoms with Crippen LogP contribution in [0.1, 0.15) is 21.5 Å². The summed E-state index contributed by atoms with van der Waals surface area (Å²) in [7, 11) is 0. The van der Waals surface area contributed by atoms with Crippen molar-refractivity contribution in [1.82, 2.24) is 5.32 Å². The van der Waals surface area contributed by atoms with E-state index in [1.54, 1.807) is 18.2 Å². The van der Waals surface area contributed by atoms with Gasteiger partial charge in [0.2, 0.25) is 5.91 Å². The summed E-state index contributed by atoms with van der Waals surface area (Å²) in [6, 6.07) is 16.7. The van der Waals surface area contributed by atoms with Gasteiger partial charge in [0.15, 0.2) is 0 Å². The zero-order valence-corrected chi connectivity index (χ0v) is 13.4. The number of nitrogens with one attached hydrogen (secondary N) is 1. The third-order valence-corrected chi connectivity index (χ3v) is 3.52. The van der Waals surface area contributed by atoms with E-state index in [4.69, 9.17) is 9.84 Å². The predicted molar refractivity (Wildman–Crippen MR) is 91.1 cm³/mol. The highest BCUT2D eigenvalue weighted by atomic mass is 16.5. The molecule has 2 aromatic rings. The van der Waals surface area contributed by atoms with Crippen LogP contribution < -0.4 is 5.32 Å². The molecule has 2 rings (SSSR count). The Balaban J connectivity index is 1.61. The summed E-state index contributed by atoms with van der Waals surface area (Å²) < 4.78 is 5.36. The van der Waals surface area contributed by atoms with Gasteiger partial charge in [-0.25, -0.2) is 4.79 Å². The standard InChI is InChI=1S/C19H21NO4/c21-18(14-24-12-10-15-5-2-1-3-6-15)20-11-9-16-7-4-8-17(13-16)19(22)23/h1-8,13H,9-12,14H2,(H,20,21)(H,22,23). The molecule has 0 unspecified atom stereocenters. The molecule has 0 aliphatic rings. The number of rotatable bonds is 9. The van der Waals surface area contributed by atoms with Crippen molar-refractivity contribution in [2.75, 3.05) is 19.8 Å². The molecule has 0 aromatic heterocycles. The third kappa shape index (κ3) is 6.22. The number of hydrogen-bond acceptors (Lipinski definition) is 3. The van der Waals surface area contributed by atoms with E-state index < -0.39 is 5.97 Å². The van der Waals surface area contributed by atoms with Gasteiger partial charge in [-0.15, -0.1) is 0 Å². The molecule has 5 heteroatoms. The summed E-state index contributed by atoms with van der Waals surface area (Å²) in [6.45, 7) is 0.976. The van der Waals surface area contributed by atoms with Crippen molar-refractivity contribution in [3.05, 3.63) is 71.3 Å². The zero-order valence-electron chi connectivity index (χ0n) is 13.4. The van der Waals surface area contributed by atoms with Crippen LogP contribution in [0.5, 0.6) is 0 Å². The van der Waals surface area contributed by atoms with Crippen LogP contribution in [0.25, 0.3) is 0 Å². The lowest BCUT2D eigenvalue weighted by Crippen LogP contribution is -2.29. The number of amides is 1. The molecule has 0 saturated carbocycles. The van der Waals surface area contributed by atoms with Crippen molar-refractivity contribution in [2.45, 2.75) is 12.8 Å². The summed E-state index contributed by atoms with van der Waals surface area (Å²) in [5, 5.41) is 11.7. The number of carbonyl (C=O) groups is 2. The fraction of sp³-hybridized carbons (Fsp3) is 0.263. The lowest BCUT2D eigenvalue weighted by Gasteiger charge is -2.07. The van der Waals surface area contributed by atoms with E-state index in [1.165, 1.54) is 5.56 Å². The van der Waals surface area contributed by atoms with Crippen LogP contribution >= 0.6 is 0 Å². The second kappa shape index (κ2) is 9.47. The minimum absolute atomic E-state index is 0.0298. The van der Waals surface area contributed by atoms with E-state index >= 15 is 0 Å². The van der Waals surface area contributed by atoms with Crippen LogP contribution in [-0.4, -0.2) is 36.7 Å². The molecule has 0 aliphatic heterocycles. The monoisotopic (exact) mass is 327 g/mol. The first kappa shape index (κ1) is 17.7. The van der Waals surface area contributed by atoms with E-state index in [0.29, 0.717) is 19.6 Å². The Morgan fingerprint density at radius 2 is 1.71 bits per heavy atom. The molecule has 0 aliphatic carbocycles. The predicted octanol–water partition coefficient (Wildman–Crippen LogP) is 2.30. The van der Waals surface area contributed by atoms with Crippen molar-refractivity contribution in [2.24, 2.45) is 0 Å². The molecule has 0 heterocycles. The number of carboxylic acid groups (broad SMARTS) is 1. The average molecular weight is 327 g/mol. The molecule has 24 heavy (non-hydrogen) atoms. The SMILES string of the molecule is O=C(COCCc1ccccc1)NCCc1cccc(C(=O)O)c1. The van der Waals surface area contributed by atoms with Gasteiger partial charge in [-0.3, -0.25) is 4.79 Å². The largest absolute Gasteiger partial charge is 0.478 e. The molecule has 2 N–H and O–H groups in total. The van der Waals surface area contributed by atoms with Crippen molar-refractivity contribution >= 4 is 11.9 Å². The molecular formula is C19H21NO4. The van der Waals surface area contributed by atoms with Gasteiger partial charge < -0.3 is 15.2 Å². The summed E-state index contributed by atoms with van der Waals surface area (Å²) in [5.74, 6) is -1.12. The highest BCUT2D eigenvalue weighted by molar-refractivity contribution is 5.87. The Morgan fingerprint density at radius 1 is 0.958 bits per heavy atom. The van der Waals surface area contributed by atoms with Gasteiger partial charge in [-0.05, 0) is 36.1 Å². The second-order valence-electron chi connectivity index (χ2n) is 5.39. The molecule has 0 fully saturated rings. The molecule has 2 aromatic carbocycles. The molecule has 0 spiro atoms. The van der Waals surface area contributed by atoms with Gasteiger partial charge in [0.05, 0.1) is 12.2 Å². The Kier molecular flexibility index (Phi) is 6.98. The first-order valence-electron chi connectivity index (χ1n) is 7.86. The van der Waals surface area contributed by atoms with Gasteiger partial charge in [-0.2, -0.15) is 0 Å². The minimum atomic E-state index is -0.951. The lowest BCUT2D eigenvalue weighted by atomic mass is 10.1. The van der Waals surface area contributed by atoms with Crippen molar-refractivity contribution in [1.29, 1.82) is 0 Å². The highest BCUT2D eigenvalue weighted by Crippen LogP contribution is 2.05. The van der Waals surface area contributed by atoms with Crippen LogP contribution in [0, 0.1) is 0 Å². The van der Waals surface area contributed by atoms with Gasteiger partial charge >= 0.3 is 5.97 Å². The lowest BCUT2D eigenvalue weighted by molar-refractivity contribution is -0.125. The topological polar surface area (TPSA) is 75.6 Å². The van der Waals surface area contributed by atoms with Gasteiger partial charge in [0, 0.05) is 6.54 Å². The molecule has 0 bridgehead atoms. The Bertz CT molecular complexity index is 670. The average Bonchev–Trinajstić information content (AvgIpc) is 2.60. The Morgan fingerprint density at radius 3 is 2.46 bits per heavy atom. The number of benzene rings is 2. The maximum Gasteiger partial charge on any atom is 0.335 e. The van der Waals surface area contributed by atoms with E-state index in [1.807, 2.05) is 36.4 Å². The number of carbonyl (C=O) groups excluding carboxylic acids is 1. The number of carboxylic acids is 1. The van der Waals surface area contributed by atoms with E-state index in [2.05, 4.69) is 5.32 Å². The van der Waals surface area contributed by atoms with Gasteiger partial charge in [0.25, 0.3) is 0 Å². The number of hydrogen-bond donors (Lipinski definition) is 2. The minimum Gasteiger partial charge on any atom is -0.478 e. The van der Waals surface area contributed by atoms with Gasteiger partial charge in [0.1, 0.15) is 6.61 Å². The Labute approximate surface area is 141 Å². The smallest absolute Gasteiger partial charge is 0.335 e. The van der Waals surface area contributed by atoms with E-state index in [9.17, 15) is 9.59 Å². The summed E-state index contributed by atoms with van der Waals surface area (Å²) >= 11 is 0. The molecule has 5 nitrogen and oxygen atoms in total. The molecule has 0 saturated heterocycles. The maximum absolute atomic E-state index is 11.7. The molecule has 0 radical (unpaired) electrons. The van der Waals surface area contributed by atoms with Crippen LogP contribution in [0.2, 0.25) is 0 Å². The first-order chi connectivity index (χ1) is 11.6. The molecule has 1 amide bonds. The second-order valence-corrected chi connectivity index (χ2v) is 5.39. The summed E-state index contributed by atoms with van der Waals surface area (Å²) in [4.78, 5) is 22.6. The zero-order chi connectivity index (χ0) is 17.2. The van der Waals surface area contributed by atoms with Crippen molar-refractivity contribution < 1.29 is 19.4 Å². The van der Waals surface area contributed by atoms with E-state index in [-0.39, 0.29) is 18.1 Å². The third-order valence-electron chi connectivity index (χ3n) is 3.52. The molecular weight excluding hydrogens is 306 g/mol. The van der Waals surface area contributed by atoms with Gasteiger partial charge in [-0.1, -0.05) is 42.5 Å². The highest BCUT2D eigenvalue weighted by Gasteiger charge is 2.04. The molecule has 0 atom stereocenters. The fourth-order valence-electron chi connectivity index (χ4n) is 2.26.